The Morgan fingerprint density at radius 2 is 2.33 bits per heavy atom. The van der Waals surface area contributed by atoms with Gasteiger partial charge in [-0.15, -0.1) is 0 Å². The van der Waals surface area contributed by atoms with Crippen molar-refractivity contribution in [3.63, 3.8) is 0 Å². The van der Waals surface area contributed by atoms with Gasteiger partial charge in [0, 0.05) is 17.5 Å². The summed E-state index contributed by atoms with van der Waals surface area (Å²) in [7, 11) is 0. The number of benzene rings is 1. The molecule has 0 aliphatic carbocycles. The maximum absolute atomic E-state index is 11.1. The van der Waals surface area contributed by atoms with Gasteiger partial charge in [0.1, 0.15) is 6.61 Å². The zero-order valence-electron chi connectivity index (χ0n) is 8.12. The average Bonchev–Trinajstić information content (AvgIpc) is 2.61. The van der Waals surface area contributed by atoms with Crippen LogP contribution in [0, 0.1) is 11.8 Å². The van der Waals surface area contributed by atoms with Gasteiger partial charge < -0.3 is 9.84 Å². The summed E-state index contributed by atoms with van der Waals surface area (Å²) >= 11 is 0. The van der Waals surface area contributed by atoms with Crippen LogP contribution >= 0.6 is 0 Å². The molecule has 2 rings (SSSR count). The summed E-state index contributed by atoms with van der Waals surface area (Å²) < 4.78 is 4.88. The highest BCUT2D eigenvalue weighted by Crippen LogP contribution is 2.20. The van der Waals surface area contributed by atoms with Crippen molar-refractivity contribution in [2.24, 2.45) is 0 Å². The second-order valence-corrected chi connectivity index (χ2v) is 3.22. The number of esters is 1. The number of aliphatic hydroxyl groups excluding tert-OH is 1. The van der Waals surface area contributed by atoms with Gasteiger partial charge in [0.2, 0.25) is 0 Å². The molecule has 76 valence electrons. The average molecular weight is 202 g/mol. The van der Waals surface area contributed by atoms with Gasteiger partial charge in [0.15, 0.2) is 0 Å². The molecular weight excluding hydrogens is 192 g/mol. The van der Waals surface area contributed by atoms with Crippen LogP contribution in [0.3, 0.4) is 0 Å². The van der Waals surface area contributed by atoms with Gasteiger partial charge in [-0.1, -0.05) is 11.8 Å². The van der Waals surface area contributed by atoms with Gasteiger partial charge >= 0.3 is 5.97 Å². The van der Waals surface area contributed by atoms with E-state index in [2.05, 4.69) is 11.8 Å². The number of aliphatic hydroxyl groups is 1. The number of ether oxygens (including phenoxy) is 1. The summed E-state index contributed by atoms with van der Waals surface area (Å²) in [5.41, 5.74) is 2.36. The fourth-order valence-corrected chi connectivity index (χ4v) is 1.43. The molecule has 0 spiro atoms. The summed E-state index contributed by atoms with van der Waals surface area (Å²) in [5, 5.41) is 8.57. The summed E-state index contributed by atoms with van der Waals surface area (Å²) in [4.78, 5) is 11.1. The minimum absolute atomic E-state index is 0.0690. The fourth-order valence-electron chi connectivity index (χ4n) is 1.43. The van der Waals surface area contributed by atoms with E-state index in [1.54, 1.807) is 12.1 Å². The van der Waals surface area contributed by atoms with Crippen molar-refractivity contribution < 1.29 is 14.6 Å². The highest BCUT2D eigenvalue weighted by molar-refractivity contribution is 5.93. The molecule has 1 aromatic rings. The number of hydrogen-bond donors (Lipinski definition) is 1. The lowest BCUT2D eigenvalue weighted by Crippen LogP contribution is -1.92. The molecule has 0 amide bonds. The minimum atomic E-state index is -0.264. The Kier molecular flexibility index (Phi) is 2.70. The Balaban J connectivity index is 2.24. The molecule has 3 nitrogen and oxygen atoms in total. The van der Waals surface area contributed by atoms with E-state index in [4.69, 9.17) is 9.84 Å². The third-order valence-corrected chi connectivity index (χ3v) is 2.15. The fraction of sp³-hybridized carbons (Fsp3) is 0.250. The highest BCUT2D eigenvalue weighted by Gasteiger charge is 2.20. The number of carbonyl (C=O) groups is 1. The molecule has 1 aliphatic rings. The number of rotatable bonds is 1. The van der Waals surface area contributed by atoms with E-state index in [9.17, 15) is 4.79 Å². The SMILES string of the molecule is O=C1OCc2cc(C#CCCO)ccc21. The van der Waals surface area contributed by atoms with E-state index in [0.717, 1.165) is 11.1 Å². The summed E-state index contributed by atoms with van der Waals surface area (Å²) in [5.74, 6) is 5.48. The van der Waals surface area contributed by atoms with Crippen LogP contribution in [0.2, 0.25) is 0 Å². The van der Waals surface area contributed by atoms with Gasteiger partial charge in [0.25, 0.3) is 0 Å². The van der Waals surface area contributed by atoms with Crippen LogP contribution < -0.4 is 0 Å². The Hall–Kier alpha value is -1.79. The lowest BCUT2D eigenvalue weighted by atomic mass is 10.1. The molecule has 0 saturated heterocycles. The van der Waals surface area contributed by atoms with Crippen molar-refractivity contribution in [3.05, 3.63) is 34.9 Å². The summed E-state index contributed by atoms with van der Waals surface area (Å²) in [6, 6.07) is 5.37. The third kappa shape index (κ3) is 2.00. The molecule has 0 aromatic heterocycles. The molecule has 0 fully saturated rings. The Bertz CT molecular complexity index is 452. The van der Waals surface area contributed by atoms with Gasteiger partial charge in [-0.05, 0) is 18.2 Å². The molecule has 1 N–H and O–H groups in total. The van der Waals surface area contributed by atoms with Crippen molar-refractivity contribution in [1.29, 1.82) is 0 Å². The first-order chi connectivity index (χ1) is 7.31. The van der Waals surface area contributed by atoms with E-state index >= 15 is 0 Å². The molecule has 0 atom stereocenters. The molecule has 1 aliphatic heterocycles. The van der Waals surface area contributed by atoms with Crippen LogP contribution in [-0.2, 0) is 11.3 Å². The molecule has 3 heteroatoms. The smallest absolute Gasteiger partial charge is 0.338 e. The zero-order valence-corrected chi connectivity index (χ0v) is 8.12. The highest BCUT2D eigenvalue weighted by atomic mass is 16.5. The van der Waals surface area contributed by atoms with Crippen LogP contribution in [-0.4, -0.2) is 17.7 Å². The second kappa shape index (κ2) is 4.16. The molecule has 1 aromatic carbocycles. The first kappa shape index (κ1) is 9.75. The quantitative estimate of drug-likeness (QED) is 0.547. The van der Waals surface area contributed by atoms with Crippen molar-refractivity contribution in [1.82, 2.24) is 0 Å². The molecule has 0 bridgehead atoms. The molecule has 0 radical (unpaired) electrons. The molecule has 15 heavy (non-hydrogen) atoms. The predicted molar refractivity (Wildman–Crippen MR) is 54.1 cm³/mol. The molecular formula is C12H10O3. The van der Waals surface area contributed by atoms with Crippen molar-refractivity contribution in [2.45, 2.75) is 13.0 Å². The number of carbonyl (C=O) groups excluding carboxylic acids is 1. The normalized spacial score (nSPS) is 12.7. The Labute approximate surface area is 87.7 Å². The van der Waals surface area contributed by atoms with Crippen molar-refractivity contribution in [3.8, 4) is 11.8 Å². The van der Waals surface area contributed by atoms with E-state index in [1.165, 1.54) is 0 Å². The Morgan fingerprint density at radius 3 is 3.13 bits per heavy atom. The lowest BCUT2D eigenvalue weighted by Gasteiger charge is -1.94. The predicted octanol–water partition coefficient (Wildman–Crippen LogP) is 1.09. The topological polar surface area (TPSA) is 46.5 Å². The van der Waals surface area contributed by atoms with Crippen molar-refractivity contribution in [2.75, 3.05) is 6.61 Å². The first-order valence-electron chi connectivity index (χ1n) is 4.71. The number of hydrogen-bond acceptors (Lipinski definition) is 3. The van der Waals surface area contributed by atoms with E-state index < -0.39 is 0 Å². The standard InChI is InChI=1S/C12H10O3/c13-6-2-1-3-9-4-5-11-10(7-9)8-15-12(11)14/h4-5,7,13H,2,6,8H2. The molecule has 1 heterocycles. The maximum atomic E-state index is 11.1. The van der Waals surface area contributed by atoms with Gasteiger partial charge in [-0.3, -0.25) is 0 Å². The number of cyclic esters (lactones) is 1. The van der Waals surface area contributed by atoms with Crippen LogP contribution in [0.4, 0.5) is 0 Å². The first-order valence-corrected chi connectivity index (χ1v) is 4.71. The summed E-state index contributed by atoms with van der Waals surface area (Å²) in [6.45, 7) is 0.406. The van der Waals surface area contributed by atoms with Crippen molar-refractivity contribution >= 4 is 5.97 Å². The van der Waals surface area contributed by atoms with Crippen LogP contribution in [0.5, 0.6) is 0 Å². The monoisotopic (exact) mass is 202 g/mol. The lowest BCUT2D eigenvalue weighted by molar-refractivity contribution is 0.0535. The summed E-state index contributed by atoms with van der Waals surface area (Å²) in [6.07, 6.45) is 0.465. The van der Waals surface area contributed by atoms with E-state index in [1.807, 2.05) is 6.07 Å². The Morgan fingerprint density at radius 1 is 1.47 bits per heavy atom. The van der Waals surface area contributed by atoms with Crippen LogP contribution in [0.25, 0.3) is 0 Å². The van der Waals surface area contributed by atoms with Crippen LogP contribution in [0.1, 0.15) is 27.9 Å². The van der Waals surface area contributed by atoms with E-state index in [0.29, 0.717) is 18.6 Å². The maximum Gasteiger partial charge on any atom is 0.338 e. The second-order valence-electron chi connectivity index (χ2n) is 3.22. The van der Waals surface area contributed by atoms with Gasteiger partial charge in [-0.25, -0.2) is 4.79 Å². The zero-order chi connectivity index (χ0) is 10.7. The molecule has 0 unspecified atom stereocenters. The third-order valence-electron chi connectivity index (χ3n) is 2.15. The largest absolute Gasteiger partial charge is 0.457 e. The minimum Gasteiger partial charge on any atom is -0.457 e. The molecule has 0 saturated carbocycles. The van der Waals surface area contributed by atoms with E-state index in [-0.39, 0.29) is 12.6 Å². The van der Waals surface area contributed by atoms with Gasteiger partial charge in [0.05, 0.1) is 12.2 Å². The van der Waals surface area contributed by atoms with Gasteiger partial charge in [-0.2, -0.15) is 0 Å². The van der Waals surface area contributed by atoms with Crippen LogP contribution in [0.15, 0.2) is 18.2 Å². The number of fused-ring (bicyclic) bond motifs is 1.